The molecule has 0 aliphatic heterocycles. The molecule has 0 N–H and O–H groups in total. The van der Waals surface area contributed by atoms with Crippen LogP contribution in [0.1, 0.15) is 69.9 Å². The van der Waals surface area contributed by atoms with Crippen molar-refractivity contribution in [3.63, 3.8) is 0 Å². The number of carbonyl (C=O) groups is 1. The standard InChI is InChI=1S/C54H50N2O2/c1-4-34-54(3,35-33-39(5-2)40-15-7-6-8-16-40)53(57)58-37-38-23-32-52-48(36-38)47-19-11-14-22-51(47)56(52)44-30-26-42(27-31-44)41-24-28-43(29-25-41)55-49-20-12-9-17-45(49)46-18-10-13-21-50(46)55/h6-32,36,39H,4-5,33-35,37H2,1-3H3. The molecule has 0 radical (unpaired) electrons. The van der Waals surface area contributed by atoms with Gasteiger partial charge in [0.25, 0.3) is 0 Å². The highest BCUT2D eigenvalue weighted by Crippen LogP contribution is 2.38. The summed E-state index contributed by atoms with van der Waals surface area (Å²) in [4.78, 5) is 13.8. The van der Waals surface area contributed by atoms with Crippen LogP contribution in [-0.4, -0.2) is 15.1 Å². The number of fused-ring (bicyclic) bond motifs is 6. The lowest BCUT2D eigenvalue weighted by atomic mass is 9.77. The Balaban J connectivity index is 0.947. The number of esters is 1. The maximum Gasteiger partial charge on any atom is 0.312 e. The first-order valence-electron chi connectivity index (χ1n) is 20.9. The van der Waals surface area contributed by atoms with Crippen molar-refractivity contribution < 1.29 is 9.53 Å². The Bertz CT molecular complexity index is 2810. The third kappa shape index (κ3) is 6.87. The summed E-state index contributed by atoms with van der Waals surface area (Å²) in [6.07, 6.45) is 4.59. The van der Waals surface area contributed by atoms with Crippen molar-refractivity contribution in [3.05, 3.63) is 181 Å². The van der Waals surface area contributed by atoms with E-state index in [9.17, 15) is 4.79 Å². The molecule has 0 saturated carbocycles. The Labute approximate surface area is 341 Å². The van der Waals surface area contributed by atoms with Crippen molar-refractivity contribution >= 4 is 49.6 Å². The van der Waals surface area contributed by atoms with E-state index in [-0.39, 0.29) is 12.6 Å². The maximum absolute atomic E-state index is 13.8. The van der Waals surface area contributed by atoms with E-state index in [1.54, 1.807) is 0 Å². The summed E-state index contributed by atoms with van der Waals surface area (Å²) in [6, 6.07) is 60.8. The molecule has 2 heterocycles. The third-order valence-electron chi connectivity index (χ3n) is 12.4. The fourth-order valence-electron chi connectivity index (χ4n) is 9.22. The van der Waals surface area contributed by atoms with Crippen LogP contribution >= 0.6 is 0 Å². The minimum atomic E-state index is -0.516. The number of rotatable bonds is 13. The van der Waals surface area contributed by atoms with E-state index >= 15 is 0 Å². The average Bonchev–Trinajstić information content (AvgIpc) is 3.79. The Kier molecular flexibility index (Phi) is 10.2. The minimum absolute atomic E-state index is 0.0961. The van der Waals surface area contributed by atoms with Gasteiger partial charge < -0.3 is 13.9 Å². The van der Waals surface area contributed by atoms with Crippen molar-refractivity contribution in [2.24, 2.45) is 5.41 Å². The molecule has 2 atom stereocenters. The van der Waals surface area contributed by atoms with E-state index in [2.05, 4.69) is 200 Å². The van der Waals surface area contributed by atoms with E-state index in [1.165, 1.54) is 43.9 Å². The first-order chi connectivity index (χ1) is 28.5. The Morgan fingerprint density at radius 1 is 0.552 bits per heavy atom. The highest BCUT2D eigenvalue weighted by molar-refractivity contribution is 6.10. The van der Waals surface area contributed by atoms with Gasteiger partial charge in [0.2, 0.25) is 0 Å². The van der Waals surface area contributed by atoms with E-state index in [0.29, 0.717) is 5.92 Å². The largest absolute Gasteiger partial charge is 0.460 e. The zero-order valence-corrected chi connectivity index (χ0v) is 33.7. The number of hydrogen-bond donors (Lipinski definition) is 0. The van der Waals surface area contributed by atoms with Crippen LogP contribution in [-0.2, 0) is 16.1 Å². The summed E-state index contributed by atoms with van der Waals surface area (Å²) in [5, 5.41) is 4.86. The smallest absolute Gasteiger partial charge is 0.312 e. The summed E-state index contributed by atoms with van der Waals surface area (Å²) in [5.41, 5.74) is 11.1. The lowest BCUT2D eigenvalue weighted by Gasteiger charge is -2.29. The molecule has 0 bridgehead atoms. The van der Waals surface area contributed by atoms with Gasteiger partial charge in [-0.15, -0.1) is 0 Å². The summed E-state index contributed by atoms with van der Waals surface area (Å²) in [7, 11) is 0. The number of benzene rings is 7. The highest BCUT2D eigenvalue weighted by Gasteiger charge is 2.34. The monoisotopic (exact) mass is 758 g/mol. The van der Waals surface area contributed by atoms with Gasteiger partial charge in [-0.3, -0.25) is 4.79 Å². The van der Waals surface area contributed by atoms with Gasteiger partial charge in [0, 0.05) is 32.9 Å². The summed E-state index contributed by atoms with van der Waals surface area (Å²) in [5.74, 6) is 0.340. The van der Waals surface area contributed by atoms with Gasteiger partial charge in [-0.05, 0) is 115 Å². The van der Waals surface area contributed by atoms with Gasteiger partial charge in [0.1, 0.15) is 6.61 Å². The molecule has 4 nitrogen and oxygen atoms in total. The van der Waals surface area contributed by atoms with Crippen LogP contribution in [0, 0.1) is 5.41 Å². The molecule has 58 heavy (non-hydrogen) atoms. The molecular weight excluding hydrogens is 709 g/mol. The molecule has 0 spiro atoms. The van der Waals surface area contributed by atoms with Crippen molar-refractivity contribution in [1.29, 1.82) is 0 Å². The minimum Gasteiger partial charge on any atom is -0.460 e. The fourth-order valence-corrected chi connectivity index (χ4v) is 9.22. The van der Waals surface area contributed by atoms with Crippen LogP contribution in [0.25, 0.3) is 66.1 Å². The second-order valence-corrected chi connectivity index (χ2v) is 16.1. The molecule has 288 valence electrons. The zero-order valence-electron chi connectivity index (χ0n) is 33.7. The van der Waals surface area contributed by atoms with Crippen molar-refractivity contribution in [2.45, 2.75) is 65.4 Å². The molecule has 0 saturated heterocycles. The topological polar surface area (TPSA) is 36.2 Å². The van der Waals surface area contributed by atoms with E-state index in [4.69, 9.17) is 4.74 Å². The number of aromatic nitrogens is 2. The second-order valence-electron chi connectivity index (χ2n) is 16.1. The van der Waals surface area contributed by atoms with E-state index < -0.39 is 5.41 Å². The van der Waals surface area contributed by atoms with Crippen LogP contribution < -0.4 is 0 Å². The van der Waals surface area contributed by atoms with Gasteiger partial charge in [-0.2, -0.15) is 0 Å². The van der Waals surface area contributed by atoms with Gasteiger partial charge >= 0.3 is 5.97 Å². The molecule has 9 rings (SSSR count). The van der Waals surface area contributed by atoms with E-state index in [1.807, 2.05) is 0 Å². The summed E-state index contributed by atoms with van der Waals surface area (Å²) >= 11 is 0. The number of para-hydroxylation sites is 3. The van der Waals surface area contributed by atoms with Crippen LogP contribution in [0.15, 0.2) is 170 Å². The predicted molar refractivity (Wildman–Crippen MR) is 242 cm³/mol. The molecule has 0 amide bonds. The van der Waals surface area contributed by atoms with Crippen molar-refractivity contribution in [3.8, 4) is 22.5 Å². The number of nitrogens with zero attached hydrogens (tertiary/aromatic N) is 2. The zero-order chi connectivity index (χ0) is 39.6. The SMILES string of the molecule is CCCC(C)(CCC(CC)c1ccccc1)C(=O)OCc1ccc2c(c1)c1ccccc1n2-c1ccc(-c2ccc(-n3c4ccccc4c4ccccc43)cc2)cc1. The first kappa shape index (κ1) is 37.2. The second kappa shape index (κ2) is 15.9. The molecular formula is C54H50N2O2. The molecule has 4 heteroatoms. The average molecular weight is 759 g/mol. The molecule has 0 aliphatic rings. The number of carbonyl (C=O) groups excluding carboxylic acids is 1. The highest BCUT2D eigenvalue weighted by atomic mass is 16.5. The molecule has 7 aromatic carbocycles. The molecule has 9 aromatic rings. The van der Waals surface area contributed by atoms with Gasteiger partial charge in [-0.25, -0.2) is 0 Å². The lowest BCUT2D eigenvalue weighted by molar-refractivity contribution is -0.157. The van der Waals surface area contributed by atoms with E-state index in [0.717, 1.165) is 65.5 Å². The van der Waals surface area contributed by atoms with Crippen LogP contribution in [0.5, 0.6) is 0 Å². The van der Waals surface area contributed by atoms with Gasteiger partial charge in [-0.1, -0.05) is 136 Å². The summed E-state index contributed by atoms with van der Waals surface area (Å²) in [6.45, 7) is 6.75. The lowest BCUT2D eigenvalue weighted by Crippen LogP contribution is -2.30. The van der Waals surface area contributed by atoms with Crippen LogP contribution in [0.2, 0.25) is 0 Å². The fraction of sp³-hybridized carbons (Fsp3) is 0.204. The predicted octanol–water partition coefficient (Wildman–Crippen LogP) is 14.4. The van der Waals surface area contributed by atoms with Gasteiger partial charge in [0.15, 0.2) is 0 Å². The number of ether oxygens (including phenoxy) is 1. The Hall–Kier alpha value is -6.39. The van der Waals surface area contributed by atoms with Crippen LogP contribution in [0.3, 0.4) is 0 Å². The molecule has 0 aliphatic carbocycles. The normalized spacial score (nSPS) is 13.3. The first-order valence-corrected chi connectivity index (χ1v) is 20.9. The quantitative estimate of drug-likeness (QED) is 0.110. The third-order valence-corrected chi connectivity index (χ3v) is 12.4. The van der Waals surface area contributed by atoms with Crippen molar-refractivity contribution in [1.82, 2.24) is 9.13 Å². The maximum atomic E-state index is 13.8. The van der Waals surface area contributed by atoms with Gasteiger partial charge in [0.05, 0.1) is 27.5 Å². The Morgan fingerprint density at radius 3 is 1.55 bits per heavy atom. The molecule has 2 aromatic heterocycles. The Morgan fingerprint density at radius 2 is 1.03 bits per heavy atom. The molecule has 0 fully saturated rings. The number of hydrogen-bond acceptors (Lipinski definition) is 2. The molecule has 2 unspecified atom stereocenters. The van der Waals surface area contributed by atoms with Crippen molar-refractivity contribution in [2.75, 3.05) is 0 Å². The van der Waals surface area contributed by atoms with Crippen LogP contribution in [0.4, 0.5) is 0 Å². The summed E-state index contributed by atoms with van der Waals surface area (Å²) < 4.78 is 10.8.